The predicted octanol–water partition coefficient (Wildman–Crippen LogP) is 4.59. The third-order valence-corrected chi connectivity index (χ3v) is 3.34. The number of nitrogens with zero attached hydrogens (tertiary/aromatic N) is 1. The lowest BCUT2D eigenvalue weighted by Gasteiger charge is -2.11. The van der Waals surface area contributed by atoms with Gasteiger partial charge in [-0.05, 0) is 18.1 Å². The van der Waals surface area contributed by atoms with Gasteiger partial charge >= 0.3 is 0 Å². The molecule has 0 spiro atoms. The Morgan fingerprint density at radius 3 is 2.44 bits per heavy atom. The Morgan fingerprint density at radius 1 is 1.00 bits per heavy atom. The smallest absolute Gasteiger partial charge is 0.153 e. The van der Waals surface area contributed by atoms with Crippen molar-refractivity contribution in [2.45, 2.75) is 19.5 Å². The Bertz CT molecular complexity index is 616. The van der Waals surface area contributed by atoms with Crippen molar-refractivity contribution < 1.29 is 4.39 Å². The third-order valence-electron chi connectivity index (χ3n) is 3.34. The second-order valence-electron chi connectivity index (χ2n) is 4.42. The maximum Gasteiger partial charge on any atom is 0.153 e. The minimum atomic E-state index is -1.09. The first kappa shape index (κ1) is 11.1. The molecule has 1 heterocycles. The van der Waals surface area contributed by atoms with Crippen LogP contribution in [0.5, 0.6) is 0 Å². The van der Waals surface area contributed by atoms with Gasteiger partial charge in [-0.2, -0.15) is 0 Å². The average molecular weight is 239 g/mol. The lowest BCUT2D eigenvalue weighted by atomic mass is 9.95. The van der Waals surface area contributed by atoms with E-state index in [1.54, 1.807) is 0 Å². The zero-order valence-corrected chi connectivity index (χ0v) is 10.2. The van der Waals surface area contributed by atoms with E-state index in [-0.39, 0.29) is 0 Å². The van der Waals surface area contributed by atoms with Gasteiger partial charge < -0.3 is 0 Å². The second-order valence-corrected chi connectivity index (χ2v) is 4.42. The van der Waals surface area contributed by atoms with Crippen LogP contribution in [-0.2, 0) is 0 Å². The Kier molecular flexibility index (Phi) is 2.71. The van der Waals surface area contributed by atoms with Gasteiger partial charge in [-0.25, -0.2) is 4.39 Å². The molecule has 18 heavy (non-hydrogen) atoms. The number of hydrogen-bond donors (Lipinski definition) is 0. The molecule has 0 bridgehead atoms. The summed E-state index contributed by atoms with van der Waals surface area (Å²) in [7, 11) is 0. The summed E-state index contributed by atoms with van der Waals surface area (Å²) in [5.74, 6) is 0. The molecule has 1 atom stereocenters. The molecule has 1 aliphatic rings. The SMILES string of the molecule is CCC1=Nc2ccccc2C(F)c2ccccc21. The quantitative estimate of drug-likeness (QED) is 0.690. The van der Waals surface area contributed by atoms with Crippen LogP contribution in [0.1, 0.15) is 36.2 Å². The summed E-state index contributed by atoms with van der Waals surface area (Å²) in [6.45, 7) is 2.05. The number of benzene rings is 2. The van der Waals surface area contributed by atoms with E-state index in [4.69, 9.17) is 0 Å². The molecule has 0 saturated carbocycles. The van der Waals surface area contributed by atoms with Crippen LogP contribution < -0.4 is 0 Å². The number of rotatable bonds is 1. The van der Waals surface area contributed by atoms with Crippen LogP contribution in [-0.4, -0.2) is 5.71 Å². The van der Waals surface area contributed by atoms with Crippen LogP contribution >= 0.6 is 0 Å². The van der Waals surface area contributed by atoms with Crippen LogP contribution in [0.4, 0.5) is 10.1 Å². The molecule has 0 fully saturated rings. The number of hydrogen-bond acceptors (Lipinski definition) is 1. The third kappa shape index (κ3) is 1.65. The Labute approximate surface area is 106 Å². The molecule has 0 radical (unpaired) electrons. The number of fused-ring (bicyclic) bond motifs is 2. The normalized spacial score (nSPS) is 17.4. The standard InChI is InChI=1S/C16H14FN/c1-2-14-11-7-3-4-8-12(11)16(17)13-9-5-6-10-15(13)18-14/h3-10,16H,2H2,1H3. The predicted molar refractivity (Wildman–Crippen MR) is 72.3 cm³/mol. The Morgan fingerprint density at radius 2 is 1.67 bits per heavy atom. The van der Waals surface area contributed by atoms with E-state index in [1.807, 2.05) is 48.5 Å². The topological polar surface area (TPSA) is 12.4 Å². The van der Waals surface area contributed by atoms with Crippen molar-refractivity contribution >= 4 is 11.4 Å². The summed E-state index contributed by atoms with van der Waals surface area (Å²) in [5, 5.41) is 0. The second kappa shape index (κ2) is 4.37. The monoisotopic (exact) mass is 239 g/mol. The molecule has 1 nitrogen and oxygen atoms in total. The summed E-state index contributed by atoms with van der Waals surface area (Å²) in [6, 6.07) is 15.1. The van der Waals surface area contributed by atoms with E-state index in [1.165, 1.54) is 0 Å². The summed E-state index contributed by atoms with van der Waals surface area (Å²) >= 11 is 0. The summed E-state index contributed by atoms with van der Waals surface area (Å²) < 4.78 is 14.7. The average Bonchev–Trinajstić information content (AvgIpc) is 2.55. The van der Waals surface area contributed by atoms with Crippen LogP contribution in [0.3, 0.4) is 0 Å². The van der Waals surface area contributed by atoms with Gasteiger partial charge in [0.15, 0.2) is 6.17 Å². The zero-order valence-electron chi connectivity index (χ0n) is 10.2. The molecule has 2 heteroatoms. The maximum atomic E-state index is 14.7. The highest BCUT2D eigenvalue weighted by molar-refractivity contribution is 6.04. The fourth-order valence-corrected chi connectivity index (χ4v) is 2.43. The van der Waals surface area contributed by atoms with Crippen LogP contribution in [0.15, 0.2) is 53.5 Å². The van der Waals surface area contributed by atoms with Crippen molar-refractivity contribution in [3.05, 3.63) is 65.2 Å². The molecule has 2 aromatic carbocycles. The molecule has 90 valence electrons. The number of halogens is 1. The molecule has 3 rings (SSSR count). The van der Waals surface area contributed by atoms with Crippen molar-refractivity contribution in [3.8, 4) is 0 Å². The zero-order chi connectivity index (χ0) is 12.5. The molecule has 0 aliphatic carbocycles. The first-order valence-electron chi connectivity index (χ1n) is 6.21. The lowest BCUT2D eigenvalue weighted by Crippen LogP contribution is -2.03. The van der Waals surface area contributed by atoms with Crippen molar-refractivity contribution in [1.29, 1.82) is 0 Å². The van der Waals surface area contributed by atoms with Crippen molar-refractivity contribution in [2.75, 3.05) is 0 Å². The van der Waals surface area contributed by atoms with Crippen molar-refractivity contribution in [2.24, 2.45) is 4.99 Å². The van der Waals surface area contributed by atoms with Gasteiger partial charge in [0, 0.05) is 16.8 Å². The summed E-state index contributed by atoms with van der Waals surface area (Å²) in [4.78, 5) is 4.63. The Hall–Kier alpha value is -1.96. The molecule has 2 aromatic rings. The van der Waals surface area contributed by atoms with Crippen LogP contribution in [0.25, 0.3) is 0 Å². The lowest BCUT2D eigenvalue weighted by molar-refractivity contribution is 0.403. The number of alkyl halides is 1. The molecule has 0 aromatic heterocycles. The van der Waals surface area contributed by atoms with Gasteiger partial charge in [-0.3, -0.25) is 4.99 Å². The van der Waals surface area contributed by atoms with Gasteiger partial charge in [0.2, 0.25) is 0 Å². The van der Waals surface area contributed by atoms with E-state index >= 15 is 0 Å². The van der Waals surface area contributed by atoms with Gasteiger partial charge in [0.05, 0.1) is 5.69 Å². The van der Waals surface area contributed by atoms with E-state index in [0.29, 0.717) is 5.56 Å². The number of aliphatic imine (C=N–C) groups is 1. The molecule has 0 saturated heterocycles. The molecule has 0 amide bonds. The van der Waals surface area contributed by atoms with Gasteiger partial charge in [-0.1, -0.05) is 49.4 Å². The fourth-order valence-electron chi connectivity index (χ4n) is 2.43. The van der Waals surface area contributed by atoms with Crippen LogP contribution in [0.2, 0.25) is 0 Å². The fraction of sp³-hybridized carbons (Fsp3) is 0.188. The molecule has 0 N–H and O–H groups in total. The highest BCUT2D eigenvalue weighted by Gasteiger charge is 2.23. The van der Waals surface area contributed by atoms with E-state index in [0.717, 1.165) is 28.9 Å². The highest BCUT2D eigenvalue weighted by Crippen LogP contribution is 2.38. The van der Waals surface area contributed by atoms with Gasteiger partial charge in [0.1, 0.15) is 0 Å². The molecule has 1 unspecified atom stereocenters. The van der Waals surface area contributed by atoms with E-state index in [9.17, 15) is 4.39 Å². The van der Waals surface area contributed by atoms with Crippen molar-refractivity contribution in [1.82, 2.24) is 0 Å². The first-order valence-corrected chi connectivity index (χ1v) is 6.21. The number of para-hydroxylation sites is 1. The van der Waals surface area contributed by atoms with Gasteiger partial charge in [0.25, 0.3) is 0 Å². The van der Waals surface area contributed by atoms with E-state index < -0.39 is 6.17 Å². The molecular formula is C16H14FN. The summed E-state index contributed by atoms with van der Waals surface area (Å²) in [6.07, 6.45) is -0.289. The molecular weight excluding hydrogens is 225 g/mol. The van der Waals surface area contributed by atoms with Crippen molar-refractivity contribution in [3.63, 3.8) is 0 Å². The largest absolute Gasteiger partial charge is 0.252 e. The van der Waals surface area contributed by atoms with E-state index in [2.05, 4.69) is 11.9 Å². The van der Waals surface area contributed by atoms with Gasteiger partial charge in [-0.15, -0.1) is 0 Å². The highest BCUT2D eigenvalue weighted by atomic mass is 19.1. The Balaban J connectivity index is 2.31. The molecule has 1 aliphatic heterocycles. The van der Waals surface area contributed by atoms with Crippen LogP contribution in [0, 0.1) is 0 Å². The first-order chi connectivity index (χ1) is 8.81. The minimum absolute atomic E-state index is 0.661. The summed E-state index contributed by atoms with van der Waals surface area (Å²) in [5.41, 5.74) is 4.02. The minimum Gasteiger partial charge on any atom is -0.252 e. The maximum absolute atomic E-state index is 14.7.